The van der Waals surface area contributed by atoms with Gasteiger partial charge in [0.15, 0.2) is 0 Å². The van der Waals surface area contributed by atoms with Crippen molar-refractivity contribution in [2.45, 2.75) is 39.7 Å². The predicted molar refractivity (Wildman–Crippen MR) is 105 cm³/mol. The number of carbonyl (C=O) groups is 1. The summed E-state index contributed by atoms with van der Waals surface area (Å²) in [6, 6.07) is 16.6. The van der Waals surface area contributed by atoms with Crippen molar-refractivity contribution >= 4 is 5.91 Å². The van der Waals surface area contributed by atoms with E-state index in [-0.39, 0.29) is 5.91 Å². The Bertz CT molecular complexity index is 718. The standard InChI is InChI=1S/C23H29NO2/c1-18-8-9-22(14-19(18)2)15-23(25)24-12-10-21(11-13-24)17-26-16-20-6-4-3-5-7-20/h3-9,14,21H,10-13,15-17H2,1-2H3. The first-order chi connectivity index (χ1) is 12.6. The van der Waals surface area contributed by atoms with Crippen LogP contribution in [0.3, 0.4) is 0 Å². The third-order valence-electron chi connectivity index (χ3n) is 5.36. The molecule has 1 fully saturated rings. The van der Waals surface area contributed by atoms with Crippen LogP contribution in [-0.4, -0.2) is 30.5 Å². The number of rotatable bonds is 6. The van der Waals surface area contributed by atoms with Gasteiger partial charge in [-0.05, 0) is 54.9 Å². The maximum absolute atomic E-state index is 12.6. The smallest absolute Gasteiger partial charge is 0.226 e. The molecule has 0 aliphatic carbocycles. The van der Waals surface area contributed by atoms with E-state index in [0.29, 0.717) is 18.9 Å². The van der Waals surface area contributed by atoms with Crippen molar-refractivity contribution < 1.29 is 9.53 Å². The van der Waals surface area contributed by atoms with E-state index in [9.17, 15) is 4.79 Å². The average molecular weight is 351 g/mol. The van der Waals surface area contributed by atoms with Crippen LogP contribution < -0.4 is 0 Å². The molecule has 0 unspecified atom stereocenters. The lowest BCUT2D eigenvalue weighted by atomic mass is 9.97. The van der Waals surface area contributed by atoms with E-state index < -0.39 is 0 Å². The second-order valence-corrected chi connectivity index (χ2v) is 7.42. The highest BCUT2D eigenvalue weighted by molar-refractivity contribution is 5.79. The highest BCUT2D eigenvalue weighted by atomic mass is 16.5. The van der Waals surface area contributed by atoms with Gasteiger partial charge in [-0.25, -0.2) is 0 Å². The molecular formula is C23H29NO2. The lowest BCUT2D eigenvalue weighted by molar-refractivity contribution is -0.132. The molecule has 0 bridgehead atoms. The van der Waals surface area contributed by atoms with Crippen LogP contribution >= 0.6 is 0 Å². The van der Waals surface area contributed by atoms with E-state index in [1.807, 2.05) is 23.1 Å². The SMILES string of the molecule is Cc1ccc(CC(=O)N2CCC(COCc3ccccc3)CC2)cc1C. The van der Waals surface area contributed by atoms with E-state index in [2.05, 4.69) is 44.2 Å². The second-order valence-electron chi connectivity index (χ2n) is 7.42. The molecule has 0 aromatic heterocycles. The van der Waals surface area contributed by atoms with Crippen molar-refractivity contribution in [2.24, 2.45) is 5.92 Å². The number of benzene rings is 2. The maximum Gasteiger partial charge on any atom is 0.226 e. The van der Waals surface area contributed by atoms with Crippen molar-refractivity contribution in [2.75, 3.05) is 19.7 Å². The highest BCUT2D eigenvalue weighted by Crippen LogP contribution is 2.19. The van der Waals surface area contributed by atoms with E-state index in [1.54, 1.807) is 0 Å². The zero-order valence-corrected chi connectivity index (χ0v) is 15.9. The zero-order valence-electron chi connectivity index (χ0n) is 15.9. The van der Waals surface area contributed by atoms with Crippen molar-refractivity contribution in [3.05, 3.63) is 70.8 Å². The molecule has 26 heavy (non-hydrogen) atoms. The fourth-order valence-electron chi connectivity index (χ4n) is 3.47. The molecule has 0 N–H and O–H groups in total. The number of hydrogen-bond donors (Lipinski definition) is 0. The second kappa shape index (κ2) is 9.00. The zero-order chi connectivity index (χ0) is 18.4. The Morgan fingerprint density at radius 3 is 2.42 bits per heavy atom. The number of piperidine rings is 1. The Hall–Kier alpha value is -2.13. The Labute approximate surface area is 157 Å². The largest absolute Gasteiger partial charge is 0.376 e. The third kappa shape index (κ3) is 5.18. The van der Waals surface area contributed by atoms with E-state index in [4.69, 9.17) is 4.74 Å². The average Bonchev–Trinajstić information content (AvgIpc) is 2.66. The number of carbonyl (C=O) groups excluding carboxylic acids is 1. The molecule has 2 aromatic carbocycles. The van der Waals surface area contributed by atoms with E-state index in [0.717, 1.165) is 38.1 Å². The minimum atomic E-state index is 0.247. The lowest BCUT2D eigenvalue weighted by Crippen LogP contribution is -2.40. The number of nitrogens with zero attached hydrogens (tertiary/aromatic N) is 1. The summed E-state index contributed by atoms with van der Waals surface area (Å²) in [5.41, 5.74) is 4.86. The monoisotopic (exact) mass is 351 g/mol. The molecule has 138 valence electrons. The van der Waals surface area contributed by atoms with Crippen LogP contribution in [0.2, 0.25) is 0 Å². The number of hydrogen-bond acceptors (Lipinski definition) is 2. The minimum Gasteiger partial charge on any atom is -0.376 e. The van der Waals surface area contributed by atoms with Crippen LogP contribution in [0.4, 0.5) is 0 Å². The molecule has 0 atom stereocenters. The summed E-state index contributed by atoms with van der Waals surface area (Å²) in [6.07, 6.45) is 2.58. The molecule has 0 spiro atoms. The molecule has 3 nitrogen and oxygen atoms in total. The van der Waals surface area contributed by atoms with Gasteiger partial charge in [0.2, 0.25) is 5.91 Å². The molecule has 1 amide bonds. The van der Waals surface area contributed by atoms with Crippen molar-refractivity contribution in [1.29, 1.82) is 0 Å². The first-order valence-electron chi connectivity index (χ1n) is 9.57. The van der Waals surface area contributed by atoms with E-state index in [1.165, 1.54) is 16.7 Å². The minimum absolute atomic E-state index is 0.247. The summed E-state index contributed by atoms with van der Waals surface area (Å²) < 4.78 is 5.87. The Morgan fingerprint density at radius 1 is 1.00 bits per heavy atom. The molecule has 1 aliphatic rings. The molecular weight excluding hydrogens is 322 g/mol. The number of likely N-dealkylation sites (tertiary alicyclic amines) is 1. The first-order valence-corrected chi connectivity index (χ1v) is 9.57. The van der Waals surface area contributed by atoms with Crippen LogP contribution in [0.15, 0.2) is 48.5 Å². The van der Waals surface area contributed by atoms with Crippen molar-refractivity contribution in [3.8, 4) is 0 Å². The number of aryl methyl sites for hydroxylation is 2. The van der Waals surface area contributed by atoms with Gasteiger partial charge in [0, 0.05) is 19.7 Å². The van der Waals surface area contributed by atoms with Crippen LogP contribution in [0.25, 0.3) is 0 Å². The van der Waals surface area contributed by atoms with Gasteiger partial charge in [-0.15, -0.1) is 0 Å². The van der Waals surface area contributed by atoms with Gasteiger partial charge < -0.3 is 9.64 Å². The van der Waals surface area contributed by atoms with Crippen LogP contribution in [0, 0.1) is 19.8 Å². The summed E-state index contributed by atoms with van der Waals surface area (Å²) >= 11 is 0. The molecule has 3 rings (SSSR count). The maximum atomic E-state index is 12.6. The molecule has 1 saturated heterocycles. The van der Waals surface area contributed by atoms with E-state index >= 15 is 0 Å². The van der Waals surface area contributed by atoms with Gasteiger partial charge in [0.1, 0.15) is 0 Å². The molecule has 2 aromatic rings. The van der Waals surface area contributed by atoms with Gasteiger partial charge in [-0.3, -0.25) is 4.79 Å². The normalized spacial score (nSPS) is 15.2. The Kier molecular flexibility index (Phi) is 6.45. The van der Waals surface area contributed by atoms with Crippen LogP contribution in [0.1, 0.15) is 35.1 Å². The summed E-state index contributed by atoms with van der Waals surface area (Å²) in [7, 11) is 0. The predicted octanol–water partition coefficient (Wildman–Crippen LogP) is 4.30. The molecule has 1 aliphatic heterocycles. The van der Waals surface area contributed by atoms with Gasteiger partial charge in [0.05, 0.1) is 13.0 Å². The van der Waals surface area contributed by atoms with Crippen LogP contribution in [0.5, 0.6) is 0 Å². The van der Waals surface area contributed by atoms with Gasteiger partial charge in [-0.1, -0.05) is 48.5 Å². The number of amides is 1. The van der Waals surface area contributed by atoms with Crippen molar-refractivity contribution in [1.82, 2.24) is 4.90 Å². The van der Waals surface area contributed by atoms with Crippen molar-refractivity contribution in [3.63, 3.8) is 0 Å². The molecule has 3 heteroatoms. The molecule has 1 heterocycles. The summed E-state index contributed by atoms with van der Waals surface area (Å²) in [4.78, 5) is 14.6. The Morgan fingerprint density at radius 2 is 1.73 bits per heavy atom. The first kappa shape index (κ1) is 18.7. The quantitative estimate of drug-likeness (QED) is 0.776. The highest BCUT2D eigenvalue weighted by Gasteiger charge is 2.23. The third-order valence-corrected chi connectivity index (χ3v) is 5.36. The fraction of sp³-hybridized carbons (Fsp3) is 0.435. The lowest BCUT2D eigenvalue weighted by Gasteiger charge is -2.32. The summed E-state index contributed by atoms with van der Waals surface area (Å²) in [5.74, 6) is 0.807. The van der Waals surface area contributed by atoms with Gasteiger partial charge >= 0.3 is 0 Å². The number of ether oxygens (including phenoxy) is 1. The topological polar surface area (TPSA) is 29.5 Å². The molecule has 0 radical (unpaired) electrons. The van der Waals surface area contributed by atoms with Gasteiger partial charge in [0.25, 0.3) is 0 Å². The molecule has 0 saturated carbocycles. The fourth-order valence-corrected chi connectivity index (χ4v) is 3.47. The van der Waals surface area contributed by atoms with Crippen LogP contribution in [-0.2, 0) is 22.6 Å². The summed E-state index contributed by atoms with van der Waals surface area (Å²) in [6.45, 7) is 7.36. The van der Waals surface area contributed by atoms with Gasteiger partial charge in [-0.2, -0.15) is 0 Å². The summed E-state index contributed by atoms with van der Waals surface area (Å²) in [5, 5.41) is 0. The Balaban J connectivity index is 1.40.